The highest BCUT2D eigenvalue weighted by atomic mass is 16.5. The molecule has 3 aromatic heterocycles. The van der Waals surface area contributed by atoms with Crippen molar-refractivity contribution in [2.45, 2.75) is 38.3 Å². The number of likely N-dealkylation sites (tertiary alicyclic amines) is 1. The largest absolute Gasteiger partial charge is 0.389 e. The van der Waals surface area contributed by atoms with Crippen molar-refractivity contribution in [1.29, 1.82) is 0 Å². The minimum Gasteiger partial charge on any atom is -0.389 e. The Balaban J connectivity index is 1.33. The van der Waals surface area contributed by atoms with E-state index in [1.54, 1.807) is 25.3 Å². The van der Waals surface area contributed by atoms with E-state index in [4.69, 9.17) is 4.52 Å². The average molecular weight is 426 g/mol. The Bertz CT molecular complexity index is 1180. The average Bonchev–Trinajstić information content (AvgIpc) is 3.38. The van der Waals surface area contributed by atoms with Gasteiger partial charge in [0.05, 0.1) is 12.1 Å². The van der Waals surface area contributed by atoms with Gasteiger partial charge in [-0.2, -0.15) is 4.98 Å². The molecular formula is C20H22N6O5. The highest BCUT2D eigenvalue weighted by Crippen LogP contribution is 2.22. The Morgan fingerprint density at radius 2 is 2.16 bits per heavy atom. The summed E-state index contributed by atoms with van der Waals surface area (Å²) < 4.78 is 6.50. The van der Waals surface area contributed by atoms with Gasteiger partial charge in [0, 0.05) is 43.9 Å². The van der Waals surface area contributed by atoms with E-state index in [0.717, 1.165) is 0 Å². The number of hydrogen-bond donors (Lipinski definition) is 2. The van der Waals surface area contributed by atoms with Crippen LogP contribution in [-0.2, 0) is 11.2 Å². The number of hydrogen-bond acceptors (Lipinski definition) is 8. The zero-order valence-corrected chi connectivity index (χ0v) is 16.9. The van der Waals surface area contributed by atoms with Gasteiger partial charge >= 0.3 is 5.69 Å². The maximum atomic E-state index is 12.6. The van der Waals surface area contributed by atoms with Crippen LogP contribution in [0.3, 0.4) is 0 Å². The molecule has 4 heterocycles. The molecule has 0 unspecified atom stereocenters. The minimum absolute atomic E-state index is 0.124. The van der Waals surface area contributed by atoms with Crippen molar-refractivity contribution in [2.24, 2.45) is 0 Å². The van der Waals surface area contributed by atoms with E-state index in [-0.39, 0.29) is 25.4 Å². The highest BCUT2D eigenvalue weighted by molar-refractivity contribution is 5.76. The molecule has 0 spiro atoms. The van der Waals surface area contributed by atoms with Crippen LogP contribution in [0.2, 0.25) is 0 Å². The molecule has 0 radical (unpaired) electrons. The second kappa shape index (κ2) is 8.64. The second-order valence-corrected chi connectivity index (χ2v) is 7.49. The standard InChI is InChI=1S/C20H22N6O5/c1-12-9-26(20(30)23-19(12)29)14-10-25(11-15(14)27)17(28)7-4-6-16-22-18(24-31-16)13-5-2-3-8-21-13/h2-3,5,8-9,14-15,27H,4,6-7,10-11H2,1H3,(H,23,29,30)/t14-,15-/m0/s1. The predicted molar refractivity (Wildman–Crippen MR) is 108 cm³/mol. The van der Waals surface area contributed by atoms with Crippen LogP contribution in [0.1, 0.15) is 30.3 Å². The summed E-state index contributed by atoms with van der Waals surface area (Å²) in [6.45, 7) is 1.89. The van der Waals surface area contributed by atoms with Crippen LogP contribution in [-0.4, -0.2) is 59.8 Å². The van der Waals surface area contributed by atoms with E-state index < -0.39 is 23.4 Å². The Hall–Kier alpha value is -3.60. The first kappa shape index (κ1) is 20.7. The first-order valence-electron chi connectivity index (χ1n) is 9.94. The minimum atomic E-state index is -0.899. The topological polar surface area (TPSA) is 147 Å². The molecule has 162 valence electrons. The molecule has 11 nitrogen and oxygen atoms in total. The molecule has 1 amide bonds. The number of aryl methyl sites for hydroxylation is 2. The van der Waals surface area contributed by atoms with E-state index in [1.165, 1.54) is 15.7 Å². The van der Waals surface area contributed by atoms with Crippen molar-refractivity contribution in [1.82, 2.24) is 29.6 Å². The zero-order valence-electron chi connectivity index (χ0n) is 16.9. The summed E-state index contributed by atoms with van der Waals surface area (Å²) in [6, 6.07) is 4.80. The van der Waals surface area contributed by atoms with E-state index in [1.807, 2.05) is 6.07 Å². The van der Waals surface area contributed by atoms with E-state index in [0.29, 0.717) is 35.8 Å². The third kappa shape index (κ3) is 4.45. The van der Waals surface area contributed by atoms with Crippen LogP contribution in [0.5, 0.6) is 0 Å². The molecule has 2 N–H and O–H groups in total. The number of nitrogens with one attached hydrogen (secondary N) is 1. The van der Waals surface area contributed by atoms with Crippen molar-refractivity contribution < 1.29 is 14.4 Å². The molecule has 3 aromatic rings. The number of H-pyrrole nitrogens is 1. The second-order valence-electron chi connectivity index (χ2n) is 7.49. The van der Waals surface area contributed by atoms with Gasteiger partial charge in [-0.15, -0.1) is 0 Å². The van der Waals surface area contributed by atoms with Crippen molar-refractivity contribution in [3.63, 3.8) is 0 Å². The van der Waals surface area contributed by atoms with E-state index in [9.17, 15) is 19.5 Å². The molecule has 1 saturated heterocycles. The number of carbonyl (C=O) groups excluding carboxylic acids is 1. The molecule has 0 bridgehead atoms. The highest BCUT2D eigenvalue weighted by Gasteiger charge is 2.35. The van der Waals surface area contributed by atoms with Gasteiger partial charge < -0.3 is 14.5 Å². The van der Waals surface area contributed by atoms with Crippen molar-refractivity contribution in [3.8, 4) is 11.5 Å². The number of aliphatic hydroxyl groups excluding tert-OH is 1. The van der Waals surface area contributed by atoms with Gasteiger partial charge in [0.25, 0.3) is 5.56 Å². The van der Waals surface area contributed by atoms with Gasteiger partial charge in [0.2, 0.25) is 17.6 Å². The maximum Gasteiger partial charge on any atom is 0.328 e. The van der Waals surface area contributed by atoms with Crippen LogP contribution < -0.4 is 11.2 Å². The van der Waals surface area contributed by atoms with Crippen LogP contribution in [0.25, 0.3) is 11.5 Å². The summed E-state index contributed by atoms with van der Waals surface area (Å²) in [7, 11) is 0. The van der Waals surface area contributed by atoms with Gasteiger partial charge in [-0.3, -0.25) is 24.1 Å². The van der Waals surface area contributed by atoms with E-state index in [2.05, 4.69) is 20.1 Å². The van der Waals surface area contributed by atoms with Crippen LogP contribution >= 0.6 is 0 Å². The fourth-order valence-corrected chi connectivity index (χ4v) is 3.58. The lowest BCUT2D eigenvalue weighted by Crippen LogP contribution is -2.37. The normalized spacial score (nSPS) is 18.5. The van der Waals surface area contributed by atoms with Crippen molar-refractivity contribution in [2.75, 3.05) is 13.1 Å². The van der Waals surface area contributed by atoms with Crippen LogP contribution in [0, 0.1) is 6.92 Å². The molecule has 2 atom stereocenters. The first-order chi connectivity index (χ1) is 14.9. The third-order valence-corrected chi connectivity index (χ3v) is 5.26. The van der Waals surface area contributed by atoms with Gasteiger partial charge in [-0.25, -0.2) is 4.79 Å². The summed E-state index contributed by atoms with van der Waals surface area (Å²) >= 11 is 0. The summed E-state index contributed by atoms with van der Waals surface area (Å²) in [4.78, 5) is 48.4. The SMILES string of the molecule is Cc1cn([C@H]2CN(C(=O)CCCc3nc(-c4ccccn4)no3)C[C@@H]2O)c(=O)[nH]c1=O. The molecule has 4 rings (SSSR count). The maximum absolute atomic E-state index is 12.6. The molecule has 0 saturated carbocycles. The Labute approximate surface area is 176 Å². The number of nitrogens with zero attached hydrogens (tertiary/aromatic N) is 5. The van der Waals surface area contributed by atoms with Crippen LogP contribution in [0.4, 0.5) is 0 Å². The van der Waals surface area contributed by atoms with Gasteiger partial charge in [-0.05, 0) is 25.5 Å². The monoisotopic (exact) mass is 426 g/mol. The quantitative estimate of drug-likeness (QED) is 0.562. The fraction of sp³-hybridized carbons (Fsp3) is 0.400. The number of pyridine rings is 1. The summed E-state index contributed by atoms with van der Waals surface area (Å²) in [5.74, 6) is 0.678. The lowest BCUT2D eigenvalue weighted by molar-refractivity contribution is -0.130. The van der Waals surface area contributed by atoms with Gasteiger partial charge in [0.1, 0.15) is 5.69 Å². The molecule has 0 aliphatic carbocycles. The molecule has 1 fully saturated rings. The number of aliphatic hydroxyl groups is 1. The molecule has 0 aromatic carbocycles. The van der Waals surface area contributed by atoms with Gasteiger partial charge in [-0.1, -0.05) is 11.2 Å². The number of aromatic nitrogens is 5. The predicted octanol–water partition coefficient (Wildman–Crippen LogP) is 0.0571. The number of aromatic amines is 1. The van der Waals surface area contributed by atoms with Gasteiger partial charge in [0.15, 0.2) is 0 Å². The van der Waals surface area contributed by atoms with E-state index >= 15 is 0 Å². The smallest absolute Gasteiger partial charge is 0.328 e. The lowest BCUT2D eigenvalue weighted by atomic mass is 10.2. The first-order valence-corrected chi connectivity index (χ1v) is 9.94. The summed E-state index contributed by atoms with van der Waals surface area (Å²) in [5, 5.41) is 14.3. The molecule has 1 aliphatic heterocycles. The number of β-amino-alcohol motifs (C(OH)–C–C–N with tert-alkyl or cyclic N) is 1. The lowest BCUT2D eigenvalue weighted by Gasteiger charge is -2.17. The molecule has 1 aliphatic rings. The third-order valence-electron chi connectivity index (χ3n) is 5.26. The summed E-state index contributed by atoms with van der Waals surface area (Å²) in [6.07, 6.45) is 3.33. The van der Waals surface area contributed by atoms with Crippen LogP contribution in [0.15, 0.2) is 44.7 Å². The Morgan fingerprint density at radius 3 is 2.94 bits per heavy atom. The Morgan fingerprint density at radius 1 is 1.32 bits per heavy atom. The Kier molecular flexibility index (Phi) is 5.76. The number of amides is 1. The van der Waals surface area contributed by atoms with Crippen molar-refractivity contribution in [3.05, 3.63) is 62.9 Å². The fourth-order valence-electron chi connectivity index (χ4n) is 3.58. The molecule has 11 heteroatoms. The summed E-state index contributed by atoms with van der Waals surface area (Å²) in [5.41, 5.74) is -0.0948. The number of rotatable bonds is 6. The molecule has 31 heavy (non-hydrogen) atoms. The zero-order chi connectivity index (χ0) is 22.0. The van der Waals surface area contributed by atoms with Crippen molar-refractivity contribution >= 4 is 5.91 Å². The molecular weight excluding hydrogens is 404 g/mol. The number of carbonyl (C=O) groups is 1.